The summed E-state index contributed by atoms with van der Waals surface area (Å²) in [6.45, 7) is 1.17. The summed E-state index contributed by atoms with van der Waals surface area (Å²) in [6.07, 6.45) is -4.35. The zero-order chi connectivity index (χ0) is 13.9. The lowest BCUT2D eigenvalue weighted by Gasteiger charge is -2.30. The number of morpholine rings is 1. The van der Waals surface area contributed by atoms with E-state index >= 15 is 0 Å². The lowest BCUT2D eigenvalue weighted by molar-refractivity contribution is -0.153. The number of benzene rings is 1. The first-order chi connectivity index (χ1) is 8.96. The Kier molecular flexibility index (Phi) is 4.04. The molecule has 2 rings (SSSR count). The molecule has 19 heavy (non-hydrogen) atoms. The SMILES string of the molecule is Nc1ccc(OCC(F)(F)F)cc1N1CCOCC1. The van der Waals surface area contributed by atoms with Crippen LogP contribution in [0.15, 0.2) is 18.2 Å². The van der Waals surface area contributed by atoms with Crippen molar-refractivity contribution in [1.29, 1.82) is 0 Å². The summed E-state index contributed by atoms with van der Waals surface area (Å²) in [4.78, 5) is 1.97. The number of nitrogens with two attached hydrogens (primary N) is 1. The van der Waals surface area contributed by atoms with E-state index in [1.807, 2.05) is 4.90 Å². The number of nitrogen functional groups attached to an aromatic ring is 1. The first-order valence-electron chi connectivity index (χ1n) is 5.87. The molecule has 0 spiro atoms. The molecule has 1 aromatic carbocycles. The van der Waals surface area contributed by atoms with Crippen LogP contribution in [0.1, 0.15) is 0 Å². The monoisotopic (exact) mass is 276 g/mol. The highest BCUT2D eigenvalue weighted by Crippen LogP contribution is 2.29. The molecule has 0 radical (unpaired) electrons. The van der Waals surface area contributed by atoms with Crippen LogP contribution < -0.4 is 15.4 Å². The maximum absolute atomic E-state index is 12.1. The van der Waals surface area contributed by atoms with Gasteiger partial charge in [-0.3, -0.25) is 0 Å². The van der Waals surface area contributed by atoms with Gasteiger partial charge in [0.15, 0.2) is 6.61 Å². The molecule has 106 valence electrons. The fourth-order valence-corrected chi connectivity index (χ4v) is 1.86. The van der Waals surface area contributed by atoms with Crippen LogP contribution in [0.3, 0.4) is 0 Å². The number of anilines is 2. The molecule has 0 aromatic heterocycles. The summed E-state index contributed by atoms with van der Waals surface area (Å²) in [5.74, 6) is 0.160. The molecule has 0 amide bonds. The first kappa shape index (κ1) is 13.8. The van der Waals surface area contributed by atoms with Crippen LogP contribution in [0.25, 0.3) is 0 Å². The van der Waals surface area contributed by atoms with Crippen molar-refractivity contribution in [2.24, 2.45) is 0 Å². The normalized spacial score (nSPS) is 16.5. The number of hydrogen-bond donors (Lipinski definition) is 1. The Hall–Kier alpha value is -1.63. The van der Waals surface area contributed by atoms with E-state index in [0.717, 1.165) is 0 Å². The quantitative estimate of drug-likeness (QED) is 0.858. The Labute approximate surface area is 108 Å². The molecule has 1 aliphatic rings. The summed E-state index contributed by atoms with van der Waals surface area (Å²) in [6, 6.07) is 4.52. The van der Waals surface area contributed by atoms with Crippen LogP contribution in [-0.2, 0) is 4.74 Å². The Morgan fingerprint density at radius 2 is 1.95 bits per heavy atom. The van der Waals surface area contributed by atoms with Gasteiger partial charge in [-0.1, -0.05) is 0 Å². The number of halogens is 3. The van der Waals surface area contributed by atoms with Crippen molar-refractivity contribution in [2.75, 3.05) is 43.5 Å². The number of rotatable bonds is 3. The third-order valence-electron chi connectivity index (χ3n) is 2.76. The Bertz CT molecular complexity index is 431. The predicted molar refractivity (Wildman–Crippen MR) is 65.4 cm³/mol. The third kappa shape index (κ3) is 3.92. The van der Waals surface area contributed by atoms with Crippen LogP contribution in [0.2, 0.25) is 0 Å². The molecule has 4 nitrogen and oxygen atoms in total. The molecule has 0 aliphatic carbocycles. The minimum Gasteiger partial charge on any atom is -0.484 e. The standard InChI is InChI=1S/C12H15F3N2O2/c13-12(14,15)8-19-9-1-2-10(16)11(7-9)17-3-5-18-6-4-17/h1-2,7H,3-6,8,16H2. The number of hydrogen-bond acceptors (Lipinski definition) is 4. The second kappa shape index (κ2) is 5.56. The predicted octanol–water partition coefficient (Wildman–Crippen LogP) is 2.05. The lowest BCUT2D eigenvalue weighted by Crippen LogP contribution is -2.36. The van der Waals surface area contributed by atoms with Crippen LogP contribution in [0, 0.1) is 0 Å². The van der Waals surface area contributed by atoms with Crippen molar-refractivity contribution in [2.45, 2.75) is 6.18 Å². The average Bonchev–Trinajstić information content (AvgIpc) is 2.38. The maximum atomic E-state index is 12.1. The van der Waals surface area contributed by atoms with Gasteiger partial charge in [-0.15, -0.1) is 0 Å². The molecular formula is C12H15F3N2O2. The van der Waals surface area contributed by atoms with Gasteiger partial charge in [0.05, 0.1) is 24.6 Å². The van der Waals surface area contributed by atoms with Crippen LogP contribution in [-0.4, -0.2) is 39.1 Å². The number of alkyl halides is 3. The Balaban J connectivity index is 2.10. The molecule has 0 saturated carbocycles. The molecule has 1 aliphatic heterocycles. The highest BCUT2D eigenvalue weighted by atomic mass is 19.4. The van der Waals surface area contributed by atoms with Crippen molar-refractivity contribution in [3.63, 3.8) is 0 Å². The smallest absolute Gasteiger partial charge is 0.422 e. The van der Waals surface area contributed by atoms with Crippen LogP contribution in [0.4, 0.5) is 24.5 Å². The first-order valence-corrected chi connectivity index (χ1v) is 5.87. The van der Waals surface area contributed by atoms with Gasteiger partial charge in [0.1, 0.15) is 5.75 Å². The molecule has 1 aromatic rings. The largest absolute Gasteiger partial charge is 0.484 e. The Morgan fingerprint density at radius 1 is 1.26 bits per heavy atom. The molecule has 1 fully saturated rings. The second-order valence-corrected chi connectivity index (χ2v) is 4.22. The molecule has 2 N–H and O–H groups in total. The zero-order valence-corrected chi connectivity index (χ0v) is 10.2. The average molecular weight is 276 g/mol. The zero-order valence-electron chi connectivity index (χ0n) is 10.2. The van der Waals surface area contributed by atoms with Gasteiger partial charge in [-0.2, -0.15) is 13.2 Å². The summed E-state index contributed by atoms with van der Waals surface area (Å²) in [7, 11) is 0. The summed E-state index contributed by atoms with van der Waals surface area (Å²) >= 11 is 0. The van der Waals surface area contributed by atoms with Crippen molar-refractivity contribution >= 4 is 11.4 Å². The minimum absolute atomic E-state index is 0.160. The lowest BCUT2D eigenvalue weighted by atomic mass is 10.2. The van der Waals surface area contributed by atoms with Crippen molar-refractivity contribution in [3.05, 3.63) is 18.2 Å². The molecule has 0 atom stereocenters. The molecule has 1 saturated heterocycles. The van der Waals surface area contributed by atoms with E-state index in [1.54, 1.807) is 6.07 Å². The fraction of sp³-hybridized carbons (Fsp3) is 0.500. The van der Waals surface area contributed by atoms with Crippen molar-refractivity contribution in [1.82, 2.24) is 0 Å². The van der Waals surface area contributed by atoms with E-state index in [2.05, 4.69) is 0 Å². The van der Waals surface area contributed by atoms with E-state index in [1.165, 1.54) is 12.1 Å². The van der Waals surface area contributed by atoms with E-state index in [-0.39, 0.29) is 5.75 Å². The second-order valence-electron chi connectivity index (χ2n) is 4.22. The van der Waals surface area contributed by atoms with Gasteiger partial charge in [-0.25, -0.2) is 0 Å². The molecular weight excluding hydrogens is 261 g/mol. The third-order valence-corrected chi connectivity index (χ3v) is 2.76. The summed E-state index contributed by atoms with van der Waals surface area (Å²) in [5, 5.41) is 0. The molecule has 1 heterocycles. The van der Waals surface area contributed by atoms with Gasteiger partial charge in [-0.05, 0) is 12.1 Å². The van der Waals surface area contributed by atoms with E-state index < -0.39 is 12.8 Å². The van der Waals surface area contributed by atoms with Crippen LogP contribution in [0.5, 0.6) is 5.75 Å². The summed E-state index contributed by atoms with van der Waals surface area (Å²) in [5.41, 5.74) is 7.04. The molecule has 0 bridgehead atoms. The van der Waals surface area contributed by atoms with Gasteiger partial charge in [0.25, 0.3) is 0 Å². The topological polar surface area (TPSA) is 47.7 Å². The minimum atomic E-state index is -4.35. The maximum Gasteiger partial charge on any atom is 0.422 e. The number of nitrogens with zero attached hydrogens (tertiary/aromatic N) is 1. The van der Waals surface area contributed by atoms with Crippen LogP contribution >= 0.6 is 0 Å². The number of ether oxygens (including phenoxy) is 2. The molecule has 7 heteroatoms. The van der Waals surface area contributed by atoms with Gasteiger partial charge >= 0.3 is 6.18 Å². The van der Waals surface area contributed by atoms with Crippen molar-refractivity contribution in [3.8, 4) is 5.75 Å². The van der Waals surface area contributed by atoms with Gasteiger partial charge < -0.3 is 20.1 Å². The van der Waals surface area contributed by atoms with E-state index in [4.69, 9.17) is 15.2 Å². The van der Waals surface area contributed by atoms with Gasteiger partial charge in [0, 0.05) is 19.2 Å². The summed E-state index contributed by atoms with van der Waals surface area (Å²) < 4.78 is 46.2. The van der Waals surface area contributed by atoms with E-state index in [9.17, 15) is 13.2 Å². The molecule has 0 unspecified atom stereocenters. The van der Waals surface area contributed by atoms with Gasteiger partial charge in [0.2, 0.25) is 0 Å². The Morgan fingerprint density at radius 3 is 2.58 bits per heavy atom. The highest BCUT2D eigenvalue weighted by molar-refractivity contribution is 5.69. The fourth-order valence-electron chi connectivity index (χ4n) is 1.86. The highest BCUT2D eigenvalue weighted by Gasteiger charge is 2.28. The van der Waals surface area contributed by atoms with E-state index in [0.29, 0.717) is 37.7 Å². The van der Waals surface area contributed by atoms with Crippen molar-refractivity contribution < 1.29 is 22.6 Å².